The van der Waals surface area contributed by atoms with Crippen LogP contribution in [0.4, 0.5) is 0 Å². The van der Waals surface area contributed by atoms with Crippen LogP contribution in [0.5, 0.6) is 0 Å². The molecule has 2 rings (SSSR count). The molecule has 0 amide bonds. The Bertz CT molecular complexity index is 665. The van der Waals surface area contributed by atoms with Crippen LogP contribution < -0.4 is 0 Å². The molecule has 0 saturated carbocycles. The van der Waals surface area contributed by atoms with Gasteiger partial charge in [0.2, 0.25) is 0 Å². The van der Waals surface area contributed by atoms with Crippen LogP contribution >= 0.6 is 43.2 Å². The van der Waals surface area contributed by atoms with Crippen LogP contribution in [0.25, 0.3) is 0 Å². The highest BCUT2D eigenvalue weighted by atomic mass is 79.9. The van der Waals surface area contributed by atoms with Gasteiger partial charge in [-0.25, -0.2) is 0 Å². The van der Waals surface area contributed by atoms with E-state index in [1.807, 2.05) is 31.2 Å². The van der Waals surface area contributed by atoms with Gasteiger partial charge in [-0.05, 0) is 56.0 Å². The molecule has 0 radical (unpaired) electrons. The van der Waals surface area contributed by atoms with Crippen LogP contribution in [-0.2, 0) is 16.6 Å². The zero-order chi connectivity index (χ0) is 14.7. The fourth-order valence-corrected chi connectivity index (χ4v) is 5.83. The summed E-state index contributed by atoms with van der Waals surface area (Å²) in [5.74, 6) is 0.378. The molecule has 0 N–H and O–H groups in total. The van der Waals surface area contributed by atoms with Gasteiger partial charge in [0.25, 0.3) is 0 Å². The van der Waals surface area contributed by atoms with Crippen LogP contribution in [0.15, 0.2) is 37.9 Å². The molecule has 1 heterocycles. The monoisotopic (exact) mass is 434 g/mol. The summed E-state index contributed by atoms with van der Waals surface area (Å²) >= 11 is 8.14. The second kappa shape index (κ2) is 7.11. The summed E-state index contributed by atoms with van der Waals surface area (Å²) in [6.07, 6.45) is 0. The van der Waals surface area contributed by atoms with Gasteiger partial charge >= 0.3 is 0 Å². The molecule has 0 bridgehead atoms. The zero-order valence-electron chi connectivity index (χ0n) is 10.7. The SMILES string of the molecule is Cc1ccccc1CS(=O)CC(=O)c1cc(Br)sc1Br. The molecule has 0 aliphatic rings. The lowest BCUT2D eigenvalue weighted by atomic mass is 10.1. The van der Waals surface area contributed by atoms with Crippen molar-refractivity contribution in [2.24, 2.45) is 0 Å². The minimum Gasteiger partial charge on any atom is -0.293 e. The van der Waals surface area contributed by atoms with Crippen LogP contribution in [-0.4, -0.2) is 15.7 Å². The van der Waals surface area contributed by atoms with Gasteiger partial charge in [-0.15, -0.1) is 11.3 Å². The minimum atomic E-state index is -1.19. The molecule has 106 valence electrons. The molecule has 6 heteroatoms. The summed E-state index contributed by atoms with van der Waals surface area (Å²) in [5, 5.41) is 0. The molecule has 1 aromatic heterocycles. The Balaban J connectivity index is 2.03. The van der Waals surface area contributed by atoms with Crippen molar-refractivity contribution in [2.75, 3.05) is 5.75 Å². The third-order valence-corrected chi connectivity index (χ3v) is 6.38. The van der Waals surface area contributed by atoms with Gasteiger partial charge in [-0.3, -0.25) is 9.00 Å². The van der Waals surface area contributed by atoms with Gasteiger partial charge in [0.1, 0.15) is 0 Å². The topological polar surface area (TPSA) is 34.1 Å². The molecule has 1 atom stereocenters. The Labute approximate surface area is 141 Å². The summed E-state index contributed by atoms with van der Waals surface area (Å²) in [5.41, 5.74) is 2.73. The Kier molecular flexibility index (Phi) is 5.72. The second-order valence-corrected chi connectivity index (χ2v) is 9.52. The molecular weight excluding hydrogens is 424 g/mol. The number of halogens is 2. The van der Waals surface area contributed by atoms with E-state index in [1.165, 1.54) is 11.3 Å². The van der Waals surface area contributed by atoms with Crippen molar-refractivity contribution in [1.82, 2.24) is 0 Å². The first-order chi connectivity index (χ1) is 9.47. The number of thiophene rings is 1. The first-order valence-corrected chi connectivity index (χ1v) is 9.74. The fourth-order valence-electron chi connectivity index (χ4n) is 1.75. The summed E-state index contributed by atoms with van der Waals surface area (Å²) in [4.78, 5) is 12.1. The maximum atomic E-state index is 12.1. The van der Waals surface area contributed by atoms with Crippen molar-refractivity contribution in [3.05, 3.63) is 54.6 Å². The van der Waals surface area contributed by atoms with E-state index < -0.39 is 10.8 Å². The zero-order valence-corrected chi connectivity index (χ0v) is 15.5. The maximum absolute atomic E-state index is 12.1. The third kappa shape index (κ3) is 4.10. The van der Waals surface area contributed by atoms with Crippen molar-refractivity contribution < 1.29 is 9.00 Å². The number of Topliss-reactive ketones (excluding diaryl/α,β-unsaturated/α-hetero) is 1. The molecule has 0 spiro atoms. The highest BCUT2D eigenvalue weighted by molar-refractivity contribution is 9.12. The van der Waals surface area contributed by atoms with Crippen molar-refractivity contribution in [1.29, 1.82) is 0 Å². The Hall–Kier alpha value is -0.300. The number of aryl methyl sites for hydroxylation is 1. The normalized spacial score (nSPS) is 12.3. The number of carbonyl (C=O) groups excluding carboxylic acids is 1. The molecule has 2 aromatic rings. The van der Waals surface area contributed by atoms with Gasteiger partial charge in [0, 0.05) is 22.1 Å². The number of benzene rings is 1. The molecule has 1 unspecified atom stereocenters. The summed E-state index contributed by atoms with van der Waals surface area (Å²) < 4.78 is 13.8. The quantitative estimate of drug-likeness (QED) is 0.637. The molecule has 20 heavy (non-hydrogen) atoms. The van der Waals surface area contributed by atoms with Crippen LogP contribution in [0.3, 0.4) is 0 Å². The summed E-state index contributed by atoms with van der Waals surface area (Å²) in [6.45, 7) is 1.99. The van der Waals surface area contributed by atoms with E-state index in [0.29, 0.717) is 11.3 Å². The molecule has 0 fully saturated rings. The van der Waals surface area contributed by atoms with Crippen LogP contribution in [0.2, 0.25) is 0 Å². The highest BCUT2D eigenvalue weighted by Crippen LogP contribution is 2.32. The van der Waals surface area contributed by atoms with Gasteiger partial charge in [0.05, 0.1) is 13.3 Å². The second-order valence-electron chi connectivity index (χ2n) is 4.32. The van der Waals surface area contributed by atoms with Crippen molar-refractivity contribution in [3.8, 4) is 0 Å². The predicted molar refractivity (Wildman–Crippen MR) is 91.9 cm³/mol. The highest BCUT2D eigenvalue weighted by Gasteiger charge is 2.17. The number of ketones is 1. The van der Waals surface area contributed by atoms with Gasteiger partial charge in [0.15, 0.2) is 5.78 Å². The smallest absolute Gasteiger partial charge is 0.177 e. The van der Waals surface area contributed by atoms with Crippen molar-refractivity contribution in [3.63, 3.8) is 0 Å². The number of hydrogen-bond acceptors (Lipinski definition) is 3. The lowest BCUT2D eigenvalue weighted by Gasteiger charge is -2.05. The first-order valence-electron chi connectivity index (χ1n) is 5.85. The van der Waals surface area contributed by atoms with E-state index in [1.54, 1.807) is 6.07 Å². The van der Waals surface area contributed by atoms with E-state index in [9.17, 15) is 9.00 Å². The summed E-state index contributed by atoms with van der Waals surface area (Å²) in [6, 6.07) is 9.58. The standard InChI is InChI=1S/C14H12Br2O2S2/c1-9-4-2-3-5-10(9)7-20(18)8-12(17)11-6-13(15)19-14(11)16/h2-6H,7-8H2,1H3. The number of hydrogen-bond donors (Lipinski definition) is 0. The van der Waals surface area contributed by atoms with Crippen LogP contribution in [0.1, 0.15) is 21.5 Å². The largest absolute Gasteiger partial charge is 0.293 e. The van der Waals surface area contributed by atoms with E-state index >= 15 is 0 Å². The lowest BCUT2D eigenvalue weighted by molar-refractivity contribution is 0.102. The average Bonchev–Trinajstić information content (AvgIpc) is 2.71. The van der Waals surface area contributed by atoms with E-state index in [2.05, 4.69) is 31.9 Å². The molecule has 0 aliphatic heterocycles. The fraction of sp³-hybridized carbons (Fsp3) is 0.214. The van der Waals surface area contributed by atoms with Crippen LogP contribution in [0, 0.1) is 6.92 Å². The number of carbonyl (C=O) groups is 1. The lowest BCUT2D eigenvalue weighted by Crippen LogP contribution is -2.12. The van der Waals surface area contributed by atoms with Gasteiger partial charge in [-0.1, -0.05) is 24.3 Å². The Morgan fingerprint density at radius 2 is 2.00 bits per heavy atom. The molecule has 0 saturated heterocycles. The Morgan fingerprint density at radius 3 is 2.60 bits per heavy atom. The van der Waals surface area contributed by atoms with E-state index in [4.69, 9.17) is 0 Å². The first kappa shape index (κ1) is 16.1. The van der Waals surface area contributed by atoms with E-state index in [-0.39, 0.29) is 11.5 Å². The minimum absolute atomic E-state index is 0.0517. The predicted octanol–water partition coefficient (Wildman–Crippen LogP) is 4.71. The molecule has 0 aliphatic carbocycles. The van der Waals surface area contributed by atoms with E-state index in [0.717, 1.165) is 18.7 Å². The van der Waals surface area contributed by atoms with Gasteiger partial charge < -0.3 is 0 Å². The summed E-state index contributed by atoms with van der Waals surface area (Å²) in [7, 11) is -1.19. The van der Waals surface area contributed by atoms with Gasteiger partial charge in [-0.2, -0.15) is 0 Å². The maximum Gasteiger partial charge on any atom is 0.177 e. The Morgan fingerprint density at radius 1 is 1.30 bits per heavy atom. The molecular formula is C14H12Br2O2S2. The molecule has 1 aromatic carbocycles. The average molecular weight is 436 g/mol. The number of rotatable bonds is 5. The molecule has 2 nitrogen and oxygen atoms in total. The third-order valence-electron chi connectivity index (χ3n) is 2.83. The van der Waals surface area contributed by atoms with Crippen molar-refractivity contribution >= 4 is 59.8 Å². The van der Waals surface area contributed by atoms with Crippen molar-refractivity contribution in [2.45, 2.75) is 12.7 Å².